The third-order valence-electron chi connectivity index (χ3n) is 5.14. The average Bonchev–Trinajstić information content (AvgIpc) is 2.63. The Labute approximate surface area is 190 Å². The van der Waals surface area contributed by atoms with Gasteiger partial charge in [-0.1, -0.05) is 115 Å². The maximum absolute atomic E-state index is 12.0. The number of rotatable bonds is 19. The third-order valence-corrected chi connectivity index (χ3v) is 5.14. The first-order valence-corrected chi connectivity index (χ1v) is 14.6. The third kappa shape index (κ3) is 27.7. The molecule has 0 saturated heterocycles. The van der Waals surface area contributed by atoms with Gasteiger partial charge < -0.3 is 0 Å². The zero-order valence-corrected chi connectivity index (χ0v) is 21.1. The normalized spacial score (nSPS) is 12.1. The first kappa shape index (κ1) is 31.9. The van der Waals surface area contributed by atoms with Crippen LogP contribution in [0.25, 0.3) is 0 Å². The molecule has 0 saturated carbocycles. The summed E-state index contributed by atoms with van der Waals surface area (Å²) < 4.78 is 29.5. The van der Waals surface area contributed by atoms with Crippen LogP contribution < -0.4 is 0 Å². The van der Waals surface area contributed by atoms with Gasteiger partial charge in [0.2, 0.25) is 0 Å². The van der Waals surface area contributed by atoms with Crippen LogP contribution in [0, 0.1) is 5.92 Å². The van der Waals surface area contributed by atoms with Crippen molar-refractivity contribution >= 4 is 5.78 Å². The van der Waals surface area contributed by atoms with Crippen molar-refractivity contribution in [1.82, 2.24) is 0 Å². The Morgan fingerprint density at radius 1 is 0.767 bits per heavy atom. The molecule has 0 amide bonds. The molecule has 5 nitrogen and oxygen atoms in total. The summed E-state index contributed by atoms with van der Waals surface area (Å²) in [7, 11) is 0. The van der Waals surface area contributed by atoms with Crippen LogP contribution in [0.5, 0.6) is 0 Å². The number of carbonyl (C=O) groups excluding carboxylic acids is 1. The van der Waals surface area contributed by atoms with Gasteiger partial charge in [-0.15, -0.1) is 6.58 Å². The van der Waals surface area contributed by atoms with E-state index in [1.54, 1.807) is 6.08 Å². The number of unbranched alkanes of at least 4 members (excludes halogenated alkanes) is 14. The fourth-order valence-corrected chi connectivity index (χ4v) is 3.43. The summed E-state index contributed by atoms with van der Waals surface area (Å²) in [6, 6.07) is 0. The molecule has 0 aromatic carbocycles. The number of hydrogen-bond acceptors (Lipinski definition) is 5. The Kier molecular flexibility index (Phi) is 23.3. The molecule has 178 valence electrons. The zero-order chi connectivity index (χ0) is 23.3. The molecule has 6 heteroatoms. The van der Waals surface area contributed by atoms with E-state index >= 15 is 0 Å². The van der Waals surface area contributed by atoms with Gasteiger partial charge in [0.25, 0.3) is 0 Å². The predicted molar refractivity (Wildman–Crippen MR) is 122 cm³/mol. The second-order valence-electron chi connectivity index (χ2n) is 8.33. The molecule has 0 radical (unpaired) electrons. The van der Waals surface area contributed by atoms with Crippen molar-refractivity contribution in [2.24, 2.45) is 5.92 Å². The Balaban J connectivity index is 0. The average molecular weight is 465 g/mol. The summed E-state index contributed by atoms with van der Waals surface area (Å²) in [5.41, 5.74) is 0.918. The van der Waals surface area contributed by atoms with Gasteiger partial charge in [-0.3, -0.25) is 4.79 Å². The van der Waals surface area contributed by atoms with Gasteiger partial charge in [0, 0.05) is 6.42 Å². The van der Waals surface area contributed by atoms with E-state index in [9.17, 15) is 4.79 Å². The standard InChI is InChI=1S/C24H44O.4H2O.Ti/c1-5-7-8-9-10-11-12-13-14-15-16-17-18-19-20-21-24(25)23(6-2)22(3)4;;;;;/h6,23H,2-3,5,7-21H2,1,4H3;4*1H2;/q;;;;;+4/p-4. The van der Waals surface area contributed by atoms with Crippen molar-refractivity contribution in [3.8, 4) is 0 Å². The molecule has 0 aromatic rings. The molecule has 0 aliphatic rings. The number of Topliss-reactive ketones (excluding diaryl/α,β-unsaturated/α-hetero) is 1. The van der Waals surface area contributed by atoms with E-state index in [0.717, 1.165) is 12.0 Å². The van der Waals surface area contributed by atoms with Crippen LogP contribution in [0.1, 0.15) is 117 Å². The number of hydrogen-bond donors (Lipinski definition) is 4. The van der Waals surface area contributed by atoms with Gasteiger partial charge in [-0.25, -0.2) is 0 Å². The van der Waals surface area contributed by atoms with E-state index in [4.69, 9.17) is 14.8 Å². The van der Waals surface area contributed by atoms with Gasteiger partial charge in [0.15, 0.2) is 0 Å². The Bertz CT molecular complexity index is 426. The van der Waals surface area contributed by atoms with Crippen LogP contribution in [0.15, 0.2) is 24.8 Å². The molecular formula is C24H48O5Ti. The van der Waals surface area contributed by atoms with E-state index in [-0.39, 0.29) is 11.7 Å². The van der Waals surface area contributed by atoms with Gasteiger partial charge in [-0.2, -0.15) is 0 Å². The van der Waals surface area contributed by atoms with E-state index in [1.807, 2.05) is 6.92 Å². The van der Waals surface area contributed by atoms with E-state index in [2.05, 4.69) is 20.1 Å². The number of ketones is 1. The molecule has 0 heterocycles. The zero-order valence-electron chi connectivity index (χ0n) is 19.6. The quantitative estimate of drug-likeness (QED) is 0.107. The molecule has 4 N–H and O–H groups in total. The van der Waals surface area contributed by atoms with Crippen LogP contribution in [0.3, 0.4) is 0 Å². The van der Waals surface area contributed by atoms with Crippen molar-refractivity contribution in [3.05, 3.63) is 24.8 Å². The molecule has 30 heavy (non-hydrogen) atoms. The van der Waals surface area contributed by atoms with Crippen molar-refractivity contribution < 1.29 is 37.7 Å². The molecule has 0 bridgehead atoms. The van der Waals surface area contributed by atoms with Gasteiger partial charge in [0.05, 0.1) is 5.92 Å². The summed E-state index contributed by atoms with van der Waals surface area (Å²) in [4.78, 5) is 12.0. The van der Waals surface area contributed by atoms with Gasteiger partial charge in [0.1, 0.15) is 5.78 Å². The van der Waals surface area contributed by atoms with Crippen LogP contribution in [0.4, 0.5) is 0 Å². The van der Waals surface area contributed by atoms with Crippen LogP contribution in [-0.4, -0.2) is 20.5 Å². The Morgan fingerprint density at radius 2 is 1.07 bits per heavy atom. The molecule has 0 spiro atoms. The summed E-state index contributed by atoms with van der Waals surface area (Å²) >= 11 is -5.00. The molecule has 0 aromatic heterocycles. The molecule has 0 fully saturated rings. The van der Waals surface area contributed by atoms with Crippen molar-refractivity contribution in [3.63, 3.8) is 0 Å². The van der Waals surface area contributed by atoms with Gasteiger partial charge >= 0.3 is 32.9 Å². The fraction of sp³-hybridized carbons (Fsp3) is 0.792. The maximum atomic E-state index is 12.0. The monoisotopic (exact) mass is 464 g/mol. The molecular weight excluding hydrogens is 416 g/mol. The Hall–Kier alpha value is -0.296. The molecule has 0 rings (SSSR count). The summed E-state index contributed by atoms with van der Waals surface area (Å²) in [5.74, 6) is 0.156. The minimum absolute atomic E-state index is 0.133. The summed E-state index contributed by atoms with van der Waals surface area (Å²) in [6.45, 7) is 11.8. The SMILES string of the molecule is C=CC(C(=C)C)C(=O)CCCCCCCCCCCCCCCCC.[OH][Ti]([OH])([OH])[OH]. The predicted octanol–water partition coefficient (Wildman–Crippen LogP) is 5.96. The van der Waals surface area contributed by atoms with Crippen molar-refractivity contribution in [2.75, 3.05) is 0 Å². The second-order valence-corrected chi connectivity index (χ2v) is 10.2. The van der Waals surface area contributed by atoms with Crippen molar-refractivity contribution in [2.45, 2.75) is 117 Å². The van der Waals surface area contributed by atoms with Gasteiger partial charge in [-0.05, 0) is 13.3 Å². The van der Waals surface area contributed by atoms with Crippen LogP contribution in [0.2, 0.25) is 0 Å². The van der Waals surface area contributed by atoms with E-state index in [1.165, 1.54) is 89.9 Å². The topological polar surface area (TPSA) is 98.0 Å². The van der Waals surface area contributed by atoms with Crippen LogP contribution in [-0.2, 0) is 22.9 Å². The number of carbonyl (C=O) groups is 1. The van der Waals surface area contributed by atoms with E-state index in [0.29, 0.717) is 6.42 Å². The molecule has 1 unspecified atom stereocenters. The van der Waals surface area contributed by atoms with Crippen molar-refractivity contribution in [1.29, 1.82) is 0 Å². The first-order valence-electron chi connectivity index (χ1n) is 11.8. The summed E-state index contributed by atoms with van der Waals surface area (Å²) in [6.07, 6.45) is 22.8. The number of allylic oxidation sites excluding steroid dienone is 2. The molecule has 0 aliphatic heterocycles. The Morgan fingerprint density at radius 3 is 1.33 bits per heavy atom. The first-order chi connectivity index (χ1) is 14.1. The molecule has 1 atom stereocenters. The minimum atomic E-state index is -5.00. The van der Waals surface area contributed by atoms with Crippen LogP contribution >= 0.6 is 0 Å². The summed E-state index contributed by atoms with van der Waals surface area (Å²) in [5, 5.41) is 0. The van der Waals surface area contributed by atoms with E-state index < -0.39 is 18.1 Å². The second kappa shape index (κ2) is 21.9. The fourth-order valence-electron chi connectivity index (χ4n) is 3.43. The molecule has 0 aliphatic carbocycles.